The Morgan fingerprint density at radius 3 is 1.96 bits per heavy atom. The summed E-state index contributed by atoms with van der Waals surface area (Å²) < 4.78 is 0. The molecule has 1 aromatic heterocycles. The maximum absolute atomic E-state index is 10.6. The van der Waals surface area contributed by atoms with Crippen molar-refractivity contribution in [2.24, 2.45) is 0 Å². The number of aromatic nitrogens is 1. The van der Waals surface area contributed by atoms with Crippen molar-refractivity contribution in [3.63, 3.8) is 0 Å². The lowest BCUT2D eigenvalue weighted by molar-refractivity contribution is 0.0646. The van der Waals surface area contributed by atoms with Crippen LogP contribution < -0.4 is 0 Å². The molecule has 0 atom stereocenters. The SMILES string of the molecule is O=C(O)c1ccc2ccccc2c1.O=C(O)c1cccnc1C(=O)O. The van der Waals surface area contributed by atoms with Gasteiger partial charge in [0.05, 0.1) is 11.1 Å². The monoisotopic (exact) mass is 339 g/mol. The third kappa shape index (κ3) is 4.38. The van der Waals surface area contributed by atoms with Crippen LogP contribution in [0, 0.1) is 0 Å². The molecule has 3 N–H and O–H groups in total. The Morgan fingerprint density at radius 1 is 0.720 bits per heavy atom. The number of benzene rings is 2. The largest absolute Gasteiger partial charge is 0.478 e. The summed E-state index contributed by atoms with van der Waals surface area (Å²) in [6.45, 7) is 0. The average Bonchev–Trinajstić information content (AvgIpc) is 2.61. The Hall–Kier alpha value is -3.74. The highest BCUT2D eigenvalue weighted by atomic mass is 16.4. The van der Waals surface area contributed by atoms with Gasteiger partial charge in [0.25, 0.3) is 0 Å². The highest BCUT2D eigenvalue weighted by molar-refractivity contribution is 6.00. The van der Waals surface area contributed by atoms with Crippen LogP contribution in [0.3, 0.4) is 0 Å². The van der Waals surface area contributed by atoms with Crippen molar-refractivity contribution in [3.8, 4) is 0 Å². The predicted molar refractivity (Wildman–Crippen MR) is 89.1 cm³/mol. The molecular weight excluding hydrogens is 326 g/mol. The molecule has 0 aliphatic heterocycles. The minimum absolute atomic E-state index is 0.301. The first-order chi connectivity index (χ1) is 11.9. The first-order valence-electron chi connectivity index (χ1n) is 7.04. The van der Waals surface area contributed by atoms with Crippen LogP contribution in [0.25, 0.3) is 10.8 Å². The Labute approximate surface area is 141 Å². The summed E-state index contributed by atoms with van der Waals surface area (Å²) in [5.41, 5.74) is -0.409. The Kier molecular flexibility index (Phi) is 5.42. The number of carbonyl (C=O) groups is 3. The number of carboxylic acid groups (broad SMARTS) is 3. The van der Waals surface area contributed by atoms with E-state index in [1.54, 1.807) is 12.1 Å². The van der Waals surface area contributed by atoms with Crippen molar-refractivity contribution in [3.05, 3.63) is 77.6 Å². The standard InChI is InChI=1S/C11H8O2.C7H5NO4/c12-11(13)10-6-5-8-3-1-2-4-9(8)7-10;9-6(10)4-2-1-3-8-5(4)7(11)12/h1-7H,(H,12,13);1-3H,(H,9,10)(H,11,12). The molecule has 0 spiro atoms. The quantitative estimate of drug-likeness (QED) is 0.669. The normalized spacial score (nSPS) is 9.76. The van der Waals surface area contributed by atoms with E-state index in [2.05, 4.69) is 4.98 Å². The molecule has 0 unspecified atom stereocenters. The zero-order chi connectivity index (χ0) is 18.4. The third-order valence-electron chi connectivity index (χ3n) is 3.24. The molecule has 7 heteroatoms. The second-order valence-electron chi connectivity index (χ2n) is 4.88. The summed E-state index contributed by atoms with van der Waals surface area (Å²) in [5, 5.41) is 27.8. The fourth-order valence-corrected chi connectivity index (χ4v) is 2.07. The van der Waals surface area contributed by atoms with Crippen LogP contribution in [-0.4, -0.2) is 38.2 Å². The minimum Gasteiger partial charge on any atom is -0.478 e. The van der Waals surface area contributed by atoms with Gasteiger partial charge >= 0.3 is 17.9 Å². The molecule has 2 aromatic carbocycles. The van der Waals surface area contributed by atoms with Gasteiger partial charge in [0.1, 0.15) is 0 Å². The summed E-state index contributed by atoms with van der Waals surface area (Å²) in [5.74, 6) is -3.51. The maximum atomic E-state index is 10.6. The summed E-state index contributed by atoms with van der Waals surface area (Å²) in [4.78, 5) is 34.9. The lowest BCUT2D eigenvalue weighted by Crippen LogP contribution is -2.09. The lowest BCUT2D eigenvalue weighted by atomic mass is 10.1. The van der Waals surface area contributed by atoms with Crippen molar-refractivity contribution in [2.45, 2.75) is 0 Å². The molecule has 0 bridgehead atoms. The number of carboxylic acids is 3. The second kappa shape index (κ2) is 7.69. The highest BCUT2D eigenvalue weighted by Crippen LogP contribution is 2.15. The number of fused-ring (bicyclic) bond motifs is 1. The van der Waals surface area contributed by atoms with Crippen molar-refractivity contribution >= 4 is 28.7 Å². The number of aromatic carboxylic acids is 3. The maximum Gasteiger partial charge on any atom is 0.355 e. The third-order valence-corrected chi connectivity index (χ3v) is 3.24. The molecule has 0 fully saturated rings. The molecule has 0 radical (unpaired) electrons. The number of nitrogens with zero attached hydrogens (tertiary/aromatic N) is 1. The van der Waals surface area contributed by atoms with Crippen molar-refractivity contribution in [2.75, 3.05) is 0 Å². The van der Waals surface area contributed by atoms with Crippen molar-refractivity contribution in [1.29, 1.82) is 0 Å². The highest BCUT2D eigenvalue weighted by Gasteiger charge is 2.15. The Balaban J connectivity index is 0.000000181. The molecule has 1 heterocycles. The molecule has 0 aliphatic carbocycles. The molecule has 0 saturated carbocycles. The van der Waals surface area contributed by atoms with Gasteiger partial charge in [0.2, 0.25) is 0 Å². The smallest absolute Gasteiger partial charge is 0.355 e. The van der Waals surface area contributed by atoms with Crippen molar-refractivity contribution in [1.82, 2.24) is 4.98 Å². The van der Waals surface area contributed by atoms with E-state index in [9.17, 15) is 14.4 Å². The van der Waals surface area contributed by atoms with Crippen LogP contribution in [0.4, 0.5) is 0 Å². The van der Waals surface area contributed by atoms with Gasteiger partial charge in [-0.2, -0.15) is 0 Å². The van der Waals surface area contributed by atoms with E-state index in [4.69, 9.17) is 15.3 Å². The topological polar surface area (TPSA) is 125 Å². The second-order valence-corrected chi connectivity index (χ2v) is 4.88. The molecule has 126 valence electrons. The van der Waals surface area contributed by atoms with E-state index < -0.39 is 23.6 Å². The molecule has 0 amide bonds. The summed E-state index contributed by atoms with van der Waals surface area (Å²) in [6.07, 6.45) is 1.23. The average molecular weight is 339 g/mol. The van der Waals surface area contributed by atoms with E-state index in [0.717, 1.165) is 10.8 Å². The van der Waals surface area contributed by atoms with Gasteiger partial charge in [-0.15, -0.1) is 0 Å². The van der Waals surface area contributed by atoms with Crippen LogP contribution in [-0.2, 0) is 0 Å². The van der Waals surface area contributed by atoms with Crippen molar-refractivity contribution < 1.29 is 29.7 Å². The number of pyridine rings is 1. The fraction of sp³-hybridized carbons (Fsp3) is 0. The molecule has 3 aromatic rings. The van der Waals surface area contributed by atoms with Gasteiger partial charge in [0, 0.05) is 6.20 Å². The summed E-state index contributed by atoms with van der Waals surface area (Å²) >= 11 is 0. The van der Waals surface area contributed by atoms with E-state index in [1.807, 2.05) is 30.3 Å². The van der Waals surface area contributed by atoms with E-state index in [0.29, 0.717) is 5.56 Å². The number of rotatable bonds is 3. The van der Waals surface area contributed by atoms with Gasteiger partial charge < -0.3 is 15.3 Å². The molecule has 0 aliphatic rings. The van der Waals surface area contributed by atoms with Crippen LogP contribution in [0.1, 0.15) is 31.2 Å². The van der Waals surface area contributed by atoms with Gasteiger partial charge in [0.15, 0.2) is 5.69 Å². The van der Waals surface area contributed by atoms with Gasteiger partial charge in [-0.25, -0.2) is 19.4 Å². The lowest BCUT2D eigenvalue weighted by Gasteiger charge is -1.98. The molecule has 0 saturated heterocycles. The van der Waals surface area contributed by atoms with E-state index in [1.165, 1.54) is 18.3 Å². The van der Waals surface area contributed by atoms with Gasteiger partial charge in [-0.3, -0.25) is 0 Å². The van der Waals surface area contributed by atoms with E-state index in [-0.39, 0.29) is 5.56 Å². The number of hydrogen-bond acceptors (Lipinski definition) is 4. The van der Waals surface area contributed by atoms with E-state index >= 15 is 0 Å². The molecule has 25 heavy (non-hydrogen) atoms. The minimum atomic E-state index is -1.34. The first kappa shape index (κ1) is 17.6. The van der Waals surface area contributed by atoms with Gasteiger partial charge in [-0.05, 0) is 35.0 Å². The fourth-order valence-electron chi connectivity index (χ4n) is 2.07. The zero-order valence-electron chi connectivity index (χ0n) is 12.8. The summed E-state index contributed by atoms with van der Waals surface area (Å²) in [7, 11) is 0. The van der Waals surface area contributed by atoms with Crippen LogP contribution >= 0.6 is 0 Å². The van der Waals surface area contributed by atoms with Crippen LogP contribution in [0.15, 0.2) is 60.8 Å². The zero-order valence-corrected chi connectivity index (χ0v) is 12.8. The van der Waals surface area contributed by atoms with Crippen LogP contribution in [0.5, 0.6) is 0 Å². The Morgan fingerprint density at radius 2 is 1.40 bits per heavy atom. The molecule has 3 rings (SSSR count). The van der Waals surface area contributed by atoms with Gasteiger partial charge in [-0.1, -0.05) is 30.3 Å². The predicted octanol–water partition coefficient (Wildman–Crippen LogP) is 3.02. The van der Waals surface area contributed by atoms with Crippen LogP contribution in [0.2, 0.25) is 0 Å². The summed E-state index contributed by atoms with van der Waals surface area (Å²) in [6, 6.07) is 15.4. The molecule has 7 nitrogen and oxygen atoms in total. The molecular formula is C18H13NO6. The Bertz CT molecular complexity index is 918. The first-order valence-corrected chi connectivity index (χ1v) is 7.04. The number of hydrogen-bond donors (Lipinski definition) is 3.